The lowest BCUT2D eigenvalue weighted by atomic mass is 9.95. The number of phenolic OH excluding ortho intramolecular Hbond substituents is 2. The Labute approximate surface area is 132 Å². The van der Waals surface area contributed by atoms with Crippen LogP contribution >= 0.6 is 0 Å². The molecule has 0 saturated carbocycles. The number of Topliss-reactive ketones (excluding diaryl/α,β-unsaturated/α-hetero) is 1. The summed E-state index contributed by atoms with van der Waals surface area (Å²) in [7, 11) is 2.88. The summed E-state index contributed by atoms with van der Waals surface area (Å²) < 4.78 is 15.9. The number of ether oxygens (including phenoxy) is 3. The number of hydrogen-bond acceptors (Lipinski definition) is 6. The molecule has 1 aliphatic heterocycles. The minimum Gasteiger partial charge on any atom is -0.504 e. The molecule has 0 aliphatic carbocycles. The van der Waals surface area contributed by atoms with Gasteiger partial charge in [0.25, 0.3) is 0 Å². The van der Waals surface area contributed by atoms with Crippen LogP contribution in [-0.4, -0.2) is 30.2 Å². The summed E-state index contributed by atoms with van der Waals surface area (Å²) in [5.41, 5.74) is 0.978. The maximum absolute atomic E-state index is 12.3. The summed E-state index contributed by atoms with van der Waals surface area (Å²) in [5, 5.41) is 19.8. The van der Waals surface area contributed by atoms with E-state index in [1.54, 1.807) is 18.2 Å². The van der Waals surface area contributed by atoms with Gasteiger partial charge in [0.1, 0.15) is 17.6 Å². The highest BCUT2D eigenvalue weighted by molar-refractivity contribution is 6.00. The SMILES string of the molecule is COc1ccc2c(c1)OC(c1cc(O)c(OC)c(O)c1)CC2=O. The van der Waals surface area contributed by atoms with E-state index in [4.69, 9.17) is 14.2 Å². The van der Waals surface area contributed by atoms with Crippen LogP contribution in [0, 0.1) is 0 Å². The van der Waals surface area contributed by atoms with Gasteiger partial charge < -0.3 is 24.4 Å². The molecule has 1 aliphatic rings. The van der Waals surface area contributed by atoms with Gasteiger partial charge in [0.05, 0.1) is 26.2 Å². The van der Waals surface area contributed by atoms with Crippen molar-refractivity contribution >= 4 is 5.78 Å². The minimum absolute atomic E-state index is 0.0158. The van der Waals surface area contributed by atoms with Crippen LogP contribution in [0.2, 0.25) is 0 Å². The number of ketones is 1. The summed E-state index contributed by atoms with van der Waals surface area (Å²) in [4.78, 5) is 12.3. The fourth-order valence-corrected chi connectivity index (χ4v) is 2.63. The van der Waals surface area contributed by atoms with E-state index < -0.39 is 6.10 Å². The summed E-state index contributed by atoms with van der Waals surface area (Å²) in [6.45, 7) is 0. The van der Waals surface area contributed by atoms with Crippen LogP contribution in [0.3, 0.4) is 0 Å². The normalized spacial score (nSPS) is 16.4. The van der Waals surface area contributed by atoms with Crippen LogP contribution in [0.25, 0.3) is 0 Å². The summed E-state index contributed by atoms with van der Waals surface area (Å²) in [6, 6.07) is 7.84. The standard InChI is InChI=1S/C17H16O6/c1-21-10-3-4-11-12(18)8-15(23-16(11)7-10)9-5-13(19)17(22-2)14(20)6-9/h3-7,15,19-20H,8H2,1-2H3. The number of benzene rings is 2. The first-order valence-electron chi connectivity index (χ1n) is 7.01. The first-order chi connectivity index (χ1) is 11.0. The van der Waals surface area contributed by atoms with E-state index >= 15 is 0 Å². The zero-order valence-corrected chi connectivity index (χ0v) is 12.7. The van der Waals surface area contributed by atoms with Crippen LogP contribution in [0.1, 0.15) is 28.4 Å². The van der Waals surface area contributed by atoms with E-state index in [0.29, 0.717) is 22.6 Å². The number of carbonyl (C=O) groups excluding carboxylic acids is 1. The molecule has 0 amide bonds. The molecule has 23 heavy (non-hydrogen) atoms. The number of hydrogen-bond donors (Lipinski definition) is 2. The molecule has 0 bridgehead atoms. The molecule has 1 atom stereocenters. The third-order valence-corrected chi connectivity index (χ3v) is 3.78. The van der Waals surface area contributed by atoms with E-state index in [1.165, 1.54) is 26.4 Å². The van der Waals surface area contributed by atoms with Crippen molar-refractivity contribution in [2.24, 2.45) is 0 Å². The number of phenols is 2. The van der Waals surface area contributed by atoms with Crippen molar-refractivity contribution in [2.45, 2.75) is 12.5 Å². The Kier molecular flexibility index (Phi) is 3.73. The van der Waals surface area contributed by atoms with Crippen LogP contribution < -0.4 is 14.2 Å². The van der Waals surface area contributed by atoms with Crippen LogP contribution in [0.15, 0.2) is 30.3 Å². The zero-order valence-electron chi connectivity index (χ0n) is 12.7. The number of aromatic hydroxyl groups is 2. The molecular formula is C17H16O6. The van der Waals surface area contributed by atoms with Crippen molar-refractivity contribution in [3.05, 3.63) is 41.5 Å². The maximum atomic E-state index is 12.3. The highest BCUT2D eigenvalue weighted by Crippen LogP contribution is 2.42. The lowest BCUT2D eigenvalue weighted by Crippen LogP contribution is -2.20. The molecule has 2 aromatic carbocycles. The molecule has 0 aromatic heterocycles. The van der Waals surface area contributed by atoms with Crippen molar-refractivity contribution in [2.75, 3.05) is 14.2 Å². The molecule has 120 valence electrons. The Morgan fingerprint density at radius 1 is 1.09 bits per heavy atom. The number of methoxy groups -OCH3 is 2. The van der Waals surface area contributed by atoms with Gasteiger partial charge in [-0.25, -0.2) is 0 Å². The smallest absolute Gasteiger partial charge is 0.202 e. The third kappa shape index (κ3) is 2.63. The Morgan fingerprint density at radius 2 is 1.78 bits per heavy atom. The largest absolute Gasteiger partial charge is 0.504 e. The molecule has 0 fully saturated rings. The van der Waals surface area contributed by atoms with E-state index in [2.05, 4.69) is 0 Å². The Morgan fingerprint density at radius 3 is 2.39 bits per heavy atom. The van der Waals surface area contributed by atoms with Crippen molar-refractivity contribution in [1.82, 2.24) is 0 Å². The number of rotatable bonds is 3. The fourth-order valence-electron chi connectivity index (χ4n) is 2.63. The van der Waals surface area contributed by atoms with Gasteiger partial charge in [0.15, 0.2) is 17.3 Å². The van der Waals surface area contributed by atoms with Gasteiger partial charge in [-0.3, -0.25) is 4.79 Å². The van der Waals surface area contributed by atoms with Crippen molar-refractivity contribution < 1.29 is 29.2 Å². The number of carbonyl (C=O) groups is 1. The van der Waals surface area contributed by atoms with Gasteiger partial charge in [0, 0.05) is 11.6 Å². The molecule has 1 heterocycles. The average Bonchev–Trinajstić information content (AvgIpc) is 2.53. The minimum atomic E-state index is -0.607. The monoisotopic (exact) mass is 316 g/mol. The predicted molar refractivity (Wildman–Crippen MR) is 81.6 cm³/mol. The fraction of sp³-hybridized carbons (Fsp3) is 0.235. The van der Waals surface area contributed by atoms with Gasteiger partial charge in [-0.15, -0.1) is 0 Å². The quantitative estimate of drug-likeness (QED) is 0.905. The van der Waals surface area contributed by atoms with Gasteiger partial charge in [-0.1, -0.05) is 0 Å². The van der Waals surface area contributed by atoms with E-state index in [9.17, 15) is 15.0 Å². The van der Waals surface area contributed by atoms with Crippen molar-refractivity contribution in [3.63, 3.8) is 0 Å². The van der Waals surface area contributed by atoms with Crippen LogP contribution in [0.4, 0.5) is 0 Å². The first kappa shape index (κ1) is 15.0. The highest BCUT2D eigenvalue weighted by Gasteiger charge is 2.29. The van der Waals surface area contributed by atoms with Gasteiger partial charge in [-0.05, 0) is 24.3 Å². The van der Waals surface area contributed by atoms with E-state index in [1.807, 2.05) is 0 Å². The molecule has 2 N–H and O–H groups in total. The summed E-state index contributed by atoms with van der Waals surface area (Å²) in [5.74, 6) is 0.481. The number of fused-ring (bicyclic) bond motifs is 1. The molecule has 1 unspecified atom stereocenters. The second kappa shape index (κ2) is 5.72. The summed E-state index contributed by atoms with van der Waals surface area (Å²) >= 11 is 0. The molecular weight excluding hydrogens is 300 g/mol. The Bertz CT molecular complexity index is 745. The second-order valence-electron chi connectivity index (χ2n) is 5.19. The van der Waals surface area contributed by atoms with Crippen molar-refractivity contribution in [3.8, 4) is 28.7 Å². The summed E-state index contributed by atoms with van der Waals surface area (Å²) in [6.07, 6.45) is -0.491. The van der Waals surface area contributed by atoms with E-state index in [-0.39, 0.29) is 29.5 Å². The maximum Gasteiger partial charge on any atom is 0.202 e. The predicted octanol–water partition coefficient (Wildman–Crippen LogP) is 2.82. The second-order valence-corrected chi connectivity index (χ2v) is 5.19. The lowest BCUT2D eigenvalue weighted by Gasteiger charge is -2.26. The zero-order chi connectivity index (χ0) is 16.6. The Balaban J connectivity index is 1.98. The van der Waals surface area contributed by atoms with E-state index in [0.717, 1.165) is 0 Å². The van der Waals surface area contributed by atoms with Gasteiger partial charge in [-0.2, -0.15) is 0 Å². The molecule has 2 aromatic rings. The highest BCUT2D eigenvalue weighted by atomic mass is 16.5. The Hall–Kier alpha value is -2.89. The van der Waals surface area contributed by atoms with Crippen LogP contribution in [-0.2, 0) is 0 Å². The average molecular weight is 316 g/mol. The lowest BCUT2D eigenvalue weighted by molar-refractivity contribution is 0.0848. The molecule has 0 radical (unpaired) electrons. The third-order valence-electron chi connectivity index (χ3n) is 3.78. The molecule has 0 spiro atoms. The first-order valence-corrected chi connectivity index (χ1v) is 7.01. The molecule has 3 rings (SSSR count). The topological polar surface area (TPSA) is 85.2 Å². The van der Waals surface area contributed by atoms with Gasteiger partial charge >= 0.3 is 0 Å². The molecule has 6 nitrogen and oxygen atoms in total. The van der Waals surface area contributed by atoms with Crippen molar-refractivity contribution in [1.29, 1.82) is 0 Å². The van der Waals surface area contributed by atoms with Crippen LogP contribution in [0.5, 0.6) is 28.7 Å². The molecule has 0 saturated heterocycles. The molecule has 6 heteroatoms. The van der Waals surface area contributed by atoms with Gasteiger partial charge in [0.2, 0.25) is 5.75 Å².